The number of nitrogens with zero attached hydrogens (tertiary/aromatic N) is 2. The first-order valence-corrected chi connectivity index (χ1v) is 13.6. The molecule has 38 heavy (non-hydrogen) atoms. The second kappa shape index (κ2) is 12.7. The summed E-state index contributed by atoms with van der Waals surface area (Å²) in [6.45, 7) is 6.35. The van der Waals surface area contributed by atoms with Gasteiger partial charge in [0, 0.05) is 51.4 Å². The minimum Gasteiger partial charge on any atom is -0.491 e. The summed E-state index contributed by atoms with van der Waals surface area (Å²) in [6.07, 6.45) is 3.79. The average molecular weight is 526 g/mol. The van der Waals surface area contributed by atoms with E-state index in [9.17, 15) is 14.0 Å². The van der Waals surface area contributed by atoms with Gasteiger partial charge < -0.3 is 19.7 Å². The maximum Gasteiger partial charge on any atom is 0.257 e. The minimum absolute atomic E-state index is 0.00987. The number of ether oxygens (including phenoxy) is 2. The fraction of sp³-hybridized carbons (Fsp3) is 0.533. The van der Waals surface area contributed by atoms with Gasteiger partial charge >= 0.3 is 0 Å². The molecule has 0 spiro atoms. The average Bonchev–Trinajstić information content (AvgIpc) is 3.46. The fourth-order valence-corrected chi connectivity index (χ4v) is 5.41. The van der Waals surface area contributed by atoms with Crippen LogP contribution in [0.5, 0.6) is 5.75 Å². The summed E-state index contributed by atoms with van der Waals surface area (Å²) in [7, 11) is 3.44. The van der Waals surface area contributed by atoms with Gasteiger partial charge in [-0.1, -0.05) is 31.9 Å². The third kappa shape index (κ3) is 6.91. The number of hydrogen-bond donors (Lipinski definition) is 1. The van der Waals surface area contributed by atoms with Crippen LogP contribution in [0.2, 0.25) is 0 Å². The molecule has 0 unspecified atom stereocenters. The normalized spacial score (nSPS) is 23.8. The number of methoxy groups -OCH3 is 1. The Balaban J connectivity index is 1.60. The Bertz CT molecular complexity index is 1100. The van der Waals surface area contributed by atoms with Crippen molar-refractivity contribution < 1.29 is 23.5 Å². The molecule has 0 saturated heterocycles. The van der Waals surface area contributed by atoms with Gasteiger partial charge in [0.1, 0.15) is 18.2 Å². The number of carbonyl (C=O) groups is 2. The van der Waals surface area contributed by atoms with Gasteiger partial charge in [0.25, 0.3) is 5.91 Å². The zero-order valence-corrected chi connectivity index (χ0v) is 22.9. The van der Waals surface area contributed by atoms with Crippen molar-refractivity contribution in [3.8, 4) is 5.75 Å². The number of carbonyl (C=O) groups excluding carboxylic acids is 2. The number of likely N-dealkylation sites (N-methyl/N-ethyl adjacent to an activating group) is 1. The third-order valence-electron chi connectivity index (χ3n) is 7.87. The van der Waals surface area contributed by atoms with Crippen molar-refractivity contribution in [1.29, 1.82) is 0 Å². The lowest BCUT2D eigenvalue weighted by Crippen LogP contribution is -2.46. The van der Waals surface area contributed by atoms with Crippen LogP contribution in [0.3, 0.4) is 0 Å². The molecule has 1 aliphatic carbocycles. The monoisotopic (exact) mass is 525 g/mol. The van der Waals surface area contributed by atoms with Gasteiger partial charge in [-0.25, -0.2) is 4.39 Å². The lowest BCUT2D eigenvalue weighted by molar-refractivity contribution is -0.119. The smallest absolute Gasteiger partial charge is 0.257 e. The van der Waals surface area contributed by atoms with Crippen LogP contribution < -0.4 is 10.1 Å². The molecule has 7 nitrogen and oxygen atoms in total. The number of anilines is 1. The van der Waals surface area contributed by atoms with E-state index in [1.165, 1.54) is 12.1 Å². The van der Waals surface area contributed by atoms with Gasteiger partial charge in [0.2, 0.25) is 5.91 Å². The Morgan fingerprint density at radius 1 is 1.11 bits per heavy atom. The van der Waals surface area contributed by atoms with E-state index in [0.717, 1.165) is 37.8 Å². The van der Waals surface area contributed by atoms with Gasteiger partial charge in [-0.3, -0.25) is 14.5 Å². The second-order valence-corrected chi connectivity index (χ2v) is 10.8. The molecule has 0 bridgehead atoms. The van der Waals surface area contributed by atoms with E-state index in [2.05, 4.69) is 24.1 Å². The van der Waals surface area contributed by atoms with Crippen molar-refractivity contribution in [1.82, 2.24) is 9.80 Å². The molecule has 1 aliphatic heterocycles. The molecule has 0 radical (unpaired) electrons. The molecule has 2 aromatic rings. The molecule has 206 valence electrons. The van der Waals surface area contributed by atoms with Crippen molar-refractivity contribution >= 4 is 17.5 Å². The molecular weight excluding hydrogens is 485 g/mol. The van der Waals surface area contributed by atoms with Gasteiger partial charge in [-0.15, -0.1) is 0 Å². The van der Waals surface area contributed by atoms with Crippen LogP contribution in [0, 0.1) is 17.7 Å². The van der Waals surface area contributed by atoms with Gasteiger partial charge in [0.15, 0.2) is 0 Å². The quantitative estimate of drug-likeness (QED) is 0.598. The number of halogens is 1. The first kappa shape index (κ1) is 28.0. The number of amides is 2. The van der Waals surface area contributed by atoms with Gasteiger partial charge in [0.05, 0.1) is 11.7 Å². The molecular formula is C30H40FN3O4. The molecule has 1 saturated carbocycles. The lowest BCUT2D eigenvalue weighted by atomic mass is 10.0. The molecule has 8 heteroatoms. The predicted octanol–water partition coefficient (Wildman–Crippen LogP) is 4.96. The number of nitrogens with one attached hydrogen (secondary N) is 1. The van der Waals surface area contributed by atoms with Gasteiger partial charge in [-0.2, -0.15) is 0 Å². The summed E-state index contributed by atoms with van der Waals surface area (Å²) in [5, 5.41) is 3.00. The Morgan fingerprint density at radius 2 is 1.82 bits per heavy atom. The van der Waals surface area contributed by atoms with E-state index < -0.39 is 0 Å². The summed E-state index contributed by atoms with van der Waals surface area (Å²) in [5.41, 5.74) is 2.03. The minimum atomic E-state index is -0.255. The molecule has 2 aromatic carbocycles. The van der Waals surface area contributed by atoms with Crippen LogP contribution in [0.4, 0.5) is 10.1 Å². The van der Waals surface area contributed by atoms with E-state index in [4.69, 9.17) is 9.47 Å². The molecule has 2 aliphatic rings. The molecule has 0 aromatic heterocycles. The topological polar surface area (TPSA) is 71.1 Å². The summed E-state index contributed by atoms with van der Waals surface area (Å²) < 4.78 is 25.6. The largest absolute Gasteiger partial charge is 0.491 e. The zero-order chi connectivity index (χ0) is 27.2. The fourth-order valence-electron chi connectivity index (χ4n) is 5.41. The number of fused-ring (bicyclic) bond motifs is 1. The van der Waals surface area contributed by atoms with Crippen LogP contribution >= 0.6 is 0 Å². The molecule has 4 rings (SSSR count). The maximum absolute atomic E-state index is 13.6. The highest BCUT2D eigenvalue weighted by atomic mass is 19.1. The number of hydrogen-bond acceptors (Lipinski definition) is 5. The third-order valence-corrected chi connectivity index (χ3v) is 7.87. The SMILES string of the molecule is CO[C@@H]1CN(C)C(=O)c2cc(NC(=O)C3CCCC3)ccc2OC[C@@H](C)N(Cc2ccc(F)cc2)C[C@H]1C. The summed E-state index contributed by atoms with van der Waals surface area (Å²) in [6, 6.07) is 11.9. The highest BCUT2D eigenvalue weighted by molar-refractivity contribution is 5.99. The molecule has 1 fully saturated rings. The summed E-state index contributed by atoms with van der Waals surface area (Å²) >= 11 is 0. The molecule has 2 amide bonds. The van der Waals surface area contributed by atoms with Gasteiger partial charge in [-0.05, 0) is 61.6 Å². The summed E-state index contributed by atoms with van der Waals surface area (Å²) in [5.74, 6) is 0.210. The van der Waals surface area contributed by atoms with E-state index in [-0.39, 0.29) is 41.6 Å². The van der Waals surface area contributed by atoms with E-state index in [1.54, 1.807) is 49.4 Å². The first-order valence-electron chi connectivity index (χ1n) is 13.6. The van der Waals surface area contributed by atoms with E-state index >= 15 is 0 Å². The van der Waals surface area contributed by atoms with Crippen molar-refractivity contribution in [3.63, 3.8) is 0 Å². The lowest BCUT2D eigenvalue weighted by Gasteiger charge is -2.36. The van der Waals surface area contributed by atoms with E-state index in [1.807, 2.05) is 0 Å². The number of benzene rings is 2. The van der Waals surface area contributed by atoms with Crippen LogP contribution in [-0.2, 0) is 16.1 Å². The Hall–Kier alpha value is -2.97. The van der Waals surface area contributed by atoms with Crippen molar-refractivity contribution in [3.05, 3.63) is 59.4 Å². The van der Waals surface area contributed by atoms with Crippen molar-refractivity contribution in [2.45, 2.75) is 58.2 Å². The maximum atomic E-state index is 13.6. The van der Waals surface area contributed by atoms with Crippen molar-refractivity contribution in [2.24, 2.45) is 11.8 Å². The number of rotatable bonds is 5. The predicted molar refractivity (Wildman–Crippen MR) is 146 cm³/mol. The van der Waals surface area contributed by atoms with Crippen LogP contribution in [0.25, 0.3) is 0 Å². The first-order chi connectivity index (χ1) is 18.2. The standard InChI is InChI=1S/C30H40FN3O4/c1-20-16-34(17-22-9-11-24(31)12-10-22)21(2)19-38-27-14-13-25(32-29(35)23-7-5-6-8-23)15-26(27)30(36)33(3)18-28(20)37-4/h9-15,20-21,23,28H,5-8,16-19H2,1-4H3,(H,32,35)/t20-,21-,28-/m1/s1. The zero-order valence-electron chi connectivity index (χ0n) is 22.9. The summed E-state index contributed by atoms with van der Waals surface area (Å²) in [4.78, 5) is 30.3. The second-order valence-electron chi connectivity index (χ2n) is 10.8. The van der Waals surface area contributed by atoms with Crippen LogP contribution in [0.1, 0.15) is 55.5 Å². The van der Waals surface area contributed by atoms with Crippen LogP contribution in [0.15, 0.2) is 42.5 Å². The molecule has 1 heterocycles. The molecule has 1 N–H and O–H groups in total. The van der Waals surface area contributed by atoms with Crippen LogP contribution in [-0.4, -0.2) is 67.6 Å². The highest BCUT2D eigenvalue weighted by Crippen LogP contribution is 2.29. The Morgan fingerprint density at radius 3 is 2.50 bits per heavy atom. The highest BCUT2D eigenvalue weighted by Gasteiger charge is 2.29. The Kier molecular flexibility index (Phi) is 9.39. The Labute approximate surface area is 225 Å². The van der Waals surface area contributed by atoms with E-state index in [0.29, 0.717) is 36.7 Å². The molecule has 3 atom stereocenters. The van der Waals surface area contributed by atoms with Crippen molar-refractivity contribution in [2.75, 3.05) is 39.2 Å².